The summed E-state index contributed by atoms with van der Waals surface area (Å²) in [7, 11) is 1.83. The Kier molecular flexibility index (Phi) is 13.2. The van der Waals surface area contributed by atoms with Gasteiger partial charge in [-0.1, -0.05) is 25.1 Å². The standard InChI is InChI=1S/C19H32N4OS.HI/c1-17(25-18-8-4-3-5-9-18)16-22-19(20-2)21-10-6-7-11-23-12-14-24-15-13-23;/h3-5,8-9,17H,6-7,10-16H2,1-2H3,(H2,20,21,22);1H. The summed E-state index contributed by atoms with van der Waals surface area (Å²) in [6.45, 7) is 9.18. The van der Waals surface area contributed by atoms with E-state index in [2.05, 4.69) is 57.8 Å². The number of benzene rings is 1. The Bertz CT molecular complexity index is 498. The van der Waals surface area contributed by atoms with Crippen LogP contribution >= 0.6 is 35.7 Å². The lowest BCUT2D eigenvalue weighted by molar-refractivity contribution is 0.0372. The highest BCUT2D eigenvalue weighted by molar-refractivity contribution is 14.0. The SMILES string of the molecule is CN=C(NCCCCN1CCOCC1)NCC(C)Sc1ccccc1.I. The lowest BCUT2D eigenvalue weighted by Crippen LogP contribution is -2.40. The van der Waals surface area contributed by atoms with Crippen LogP contribution in [0.3, 0.4) is 0 Å². The number of hydrogen-bond donors (Lipinski definition) is 2. The van der Waals surface area contributed by atoms with Crippen LogP contribution in [0.4, 0.5) is 0 Å². The molecule has 1 heterocycles. The van der Waals surface area contributed by atoms with Crippen molar-refractivity contribution in [1.82, 2.24) is 15.5 Å². The van der Waals surface area contributed by atoms with E-state index in [0.717, 1.165) is 51.8 Å². The van der Waals surface area contributed by atoms with Crippen LogP contribution in [0, 0.1) is 0 Å². The van der Waals surface area contributed by atoms with Gasteiger partial charge in [0.25, 0.3) is 0 Å². The van der Waals surface area contributed by atoms with Crippen molar-refractivity contribution in [3.63, 3.8) is 0 Å². The number of rotatable bonds is 9. The average Bonchev–Trinajstić information content (AvgIpc) is 2.65. The molecular weight excluding hydrogens is 459 g/mol. The zero-order chi connectivity index (χ0) is 17.7. The first-order valence-corrected chi connectivity index (χ1v) is 10.1. The van der Waals surface area contributed by atoms with E-state index in [4.69, 9.17) is 4.74 Å². The van der Waals surface area contributed by atoms with Crippen molar-refractivity contribution in [1.29, 1.82) is 0 Å². The lowest BCUT2D eigenvalue weighted by atomic mass is 10.3. The second kappa shape index (κ2) is 14.5. The zero-order valence-electron chi connectivity index (χ0n) is 15.9. The molecule has 2 N–H and O–H groups in total. The highest BCUT2D eigenvalue weighted by Crippen LogP contribution is 2.21. The summed E-state index contributed by atoms with van der Waals surface area (Å²) < 4.78 is 5.38. The van der Waals surface area contributed by atoms with Gasteiger partial charge >= 0.3 is 0 Å². The topological polar surface area (TPSA) is 48.9 Å². The molecule has 2 rings (SSSR count). The third-order valence-corrected chi connectivity index (χ3v) is 5.27. The number of hydrogen-bond acceptors (Lipinski definition) is 4. The first kappa shape index (κ1) is 23.5. The van der Waals surface area contributed by atoms with Gasteiger partial charge in [-0.15, -0.1) is 35.7 Å². The number of nitrogens with zero attached hydrogens (tertiary/aromatic N) is 2. The molecule has 5 nitrogen and oxygen atoms in total. The molecule has 0 aromatic heterocycles. The van der Waals surface area contributed by atoms with Crippen molar-refractivity contribution in [3.05, 3.63) is 30.3 Å². The second-order valence-electron chi connectivity index (χ2n) is 6.28. The molecule has 0 saturated carbocycles. The van der Waals surface area contributed by atoms with Crippen LogP contribution in [0.25, 0.3) is 0 Å². The van der Waals surface area contributed by atoms with Crippen molar-refractivity contribution >= 4 is 41.7 Å². The maximum absolute atomic E-state index is 5.38. The van der Waals surface area contributed by atoms with E-state index in [9.17, 15) is 0 Å². The highest BCUT2D eigenvalue weighted by Gasteiger charge is 2.09. The molecule has 1 aliphatic rings. The average molecular weight is 492 g/mol. The summed E-state index contributed by atoms with van der Waals surface area (Å²) in [6.07, 6.45) is 2.37. The van der Waals surface area contributed by atoms with E-state index in [0.29, 0.717) is 5.25 Å². The van der Waals surface area contributed by atoms with Crippen molar-refractivity contribution < 1.29 is 4.74 Å². The van der Waals surface area contributed by atoms with Gasteiger partial charge in [0, 0.05) is 43.4 Å². The summed E-state index contributed by atoms with van der Waals surface area (Å²) in [6, 6.07) is 10.5. The van der Waals surface area contributed by atoms with Gasteiger partial charge in [0.15, 0.2) is 5.96 Å². The van der Waals surface area contributed by atoms with Crippen LogP contribution in [-0.2, 0) is 4.74 Å². The molecule has 26 heavy (non-hydrogen) atoms. The molecule has 1 aliphatic heterocycles. The molecule has 0 spiro atoms. The number of morpholine rings is 1. The number of aliphatic imine (C=N–C) groups is 1. The fourth-order valence-corrected chi connectivity index (χ4v) is 3.67. The Labute approximate surface area is 179 Å². The number of thioether (sulfide) groups is 1. The van der Waals surface area contributed by atoms with E-state index in [1.807, 2.05) is 18.8 Å². The van der Waals surface area contributed by atoms with E-state index >= 15 is 0 Å². The van der Waals surface area contributed by atoms with Crippen LogP contribution in [0.2, 0.25) is 0 Å². The van der Waals surface area contributed by atoms with Crippen LogP contribution in [0.15, 0.2) is 40.2 Å². The van der Waals surface area contributed by atoms with Crippen LogP contribution in [-0.4, -0.2) is 69.1 Å². The Morgan fingerprint density at radius 2 is 1.92 bits per heavy atom. The Morgan fingerprint density at radius 3 is 2.62 bits per heavy atom. The van der Waals surface area contributed by atoms with Crippen molar-refractivity contribution in [2.75, 3.05) is 53.0 Å². The normalized spacial score (nSPS) is 16.6. The molecule has 0 radical (unpaired) electrons. The van der Waals surface area contributed by atoms with E-state index in [1.165, 1.54) is 17.9 Å². The van der Waals surface area contributed by atoms with Gasteiger partial charge in [-0.3, -0.25) is 9.89 Å². The summed E-state index contributed by atoms with van der Waals surface area (Å²) in [5.41, 5.74) is 0. The fourth-order valence-electron chi connectivity index (χ4n) is 2.73. The van der Waals surface area contributed by atoms with Crippen LogP contribution < -0.4 is 10.6 Å². The predicted octanol–water partition coefficient (Wildman–Crippen LogP) is 3.06. The number of ether oxygens (including phenoxy) is 1. The first-order valence-electron chi connectivity index (χ1n) is 9.24. The molecule has 1 atom stereocenters. The smallest absolute Gasteiger partial charge is 0.191 e. The molecule has 1 aromatic carbocycles. The van der Waals surface area contributed by atoms with Gasteiger partial charge in [-0.25, -0.2) is 0 Å². The molecule has 1 aromatic rings. The minimum absolute atomic E-state index is 0. The van der Waals surface area contributed by atoms with Crippen LogP contribution in [0.5, 0.6) is 0 Å². The number of guanidine groups is 1. The minimum atomic E-state index is 0. The third kappa shape index (κ3) is 9.99. The number of unbranched alkanes of at least 4 members (excludes halogenated alkanes) is 1. The molecule has 0 bridgehead atoms. The van der Waals surface area contributed by atoms with E-state index in [-0.39, 0.29) is 24.0 Å². The molecule has 1 fully saturated rings. The first-order chi connectivity index (χ1) is 12.3. The third-order valence-electron chi connectivity index (χ3n) is 4.16. The van der Waals surface area contributed by atoms with Gasteiger partial charge in [0.1, 0.15) is 0 Å². The van der Waals surface area contributed by atoms with Gasteiger partial charge in [-0.05, 0) is 31.5 Å². The molecular formula is C19H33IN4OS. The quantitative estimate of drug-likeness (QED) is 0.183. The Balaban J connectivity index is 0.00000338. The summed E-state index contributed by atoms with van der Waals surface area (Å²) in [4.78, 5) is 8.11. The summed E-state index contributed by atoms with van der Waals surface area (Å²) in [5, 5.41) is 7.32. The van der Waals surface area contributed by atoms with Gasteiger partial charge < -0.3 is 15.4 Å². The molecule has 1 unspecified atom stereocenters. The second-order valence-corrected chi connectivity index (χ2v) is 7.79. The maximum atomic E-state index is 5.38. The molecule has 0 amide bonds. The summed E-state index contributed by atoms with van der Waals surface area (Å²) >= 11 is 1.88. The minimum Gasteiger partial charge on any atom is -0.379 e. The molecule has 7 heteroatoms. The van der Waals surface area contributed by atoms with Gasteiger partial charge in [-0.2, -0.15) is 0 Å². The largest absolute Gasteiger partial charge is 0.379 e. The Morgan fingerprint density at radius 1 is 1.19 bits per heavy atom. The maximum Gasteiger partial charge on any atom is 0.191 e. The number of halogens is 1. The van der Waals surface area contributed by atoms with E-state index < -0.39 is 0 Å². The monoisotopic (exact) mass is 492 g/mol. The molecule has 1 saturated heterocycles. The van der Waals surface area contributed by atoms with Crippen LogP contribution in [0.1, 0.15) is 19.8 Å². The predicted molar refractivity (Wildman–Crippen MR) is 123 cm³/mol. The highest BCUT2D eigenvalue weighted by atomic mass is 127. The zero-order valence-corrected chi connectivity index (χ0v) is 19.1. The van der Waals surface area contributed by atoms with Crippen molar-refractivity contribution in [3.8, 4) is 0 Å². The molecule has 148 valence electrons. The Hall–Kier alpha value is -0.510. The van der Waals surface area contributed by atoms with Crippen molar-refractivity contribution in [2.45, 2.75) is 29.9 Å². The van der Waals surface area contributed by atoms with Gasteiger partial charge in [0.05, 0.1) is 13.2 Å². The number of nitrogens with one attached hydrogen (secondary N) is 2. The summed E-state index contributed by atoms with van der Waals surface area (Å²) in [5.74, 6) is 0.895. The van der Waals surface area contributed by atoms with E-state index in [1.54, 1.807) is 0 Å². The van der Waals surface area contributed by atoms with Gasteiger partial charge in [0.2, 0.25) is 0 Å². The lowest BCUT2D eigenvalue weighted by Gasteiger charge is -2.26. The molecule has 0 aliphatic carbocycles. The fraction of sp³-hybridized carbons (Fsp3) is 0.632. The van der Waals surface area contributed by atoms with Crippen molar-refractivity contribution in [2.24, 2.45) is 4.99 Å².